The van der Waals surface area contributed by atoms with E-state index in [1.807, 2.05) is 0 Å². The predicted octanol–water partition coefficient (Wildman–Crippen LogP) is 0.963. The van der Waals surface area contributed by atoms with Gasteiger partial charge in [0, 0.05) is 0 Å². The molecule has 2 N–H and O–H groups in total. The first-order valence-electron chi connectivity index (χ1n) is 2.39. The lowest BCUT2D eigenvalue weighted by Crippen LogP contribution is -2.21. The Balaban J connectivity index is 3.63. The summed E-state index contributed by atoms with van der Waals surface area (Å²) in [5, 5.41) is 10.7. The Hall–Kier alpha value is -0.570. The number of halogens is 1. The predicted molar refractivity (Wildman–Crippen MR) is 30.3 cm³/mol. The summed E-state index contributed by atoms with van der Waals surface area (Å²) in [6, 6.07) is -0.389. The van der Waals surface area contributed by atoms with Crippen LogP contribution in [0.15, 0.2) is 12.1 Å². The topological polar surface area (TPSA) is 32.3 Å². The van der Waals surface area contributed by atoms with Gasteiger partial charge in [-0.2, -0.15) is 0 Å². The second kappa shape index (κ2) is 3.43. The zero-order valence-electron chi connectivity index (χ0n) is 4.98. The van der Waals surface area contributed by atoms with Crippen LogP contribution in [0.2, 0.25) is 0 Å². The first kappa shape index (κ1) is 7.43. The van der Waals surface area contributed by atoms with Crippen LogP contribution in [0.5, 0.6) is 0 Å². The quantitative estimate of drug-likeness (QED) is 0.531. The molecule has 0 aliphatic carbocycles. The fourth-order valence-corrected chi connectivity index (χ4v) is 0.250. The second-order valence-electron chi connectivity index (χ2n) is 1.52. The fourth-order valence-electron chi connectivity index (χ4n) is 0.250. The van der Waals surface area contributed by atoms with Crippen molar-refractivity contribution in [1.82, 2.24) is 5.32 Å². The normalized spacial score (nSPS) is 16.1. The van der Waals surface area contributed by atoms with Gasteiger partial charge in [0.1, 0.15) is 6.26 Å². The molecule has 0 rings (SSSR count). The van der Waals surface area contributed by atoms with Crippen LogP contribution in [0, 0.1) is 0 Å². The Bertz CT molecular complexity index is 92.4. The Labute approximate surface area is 48.0 Å². The summed E-state index contributed by atoms with van der Waals surface area (Å²) >= 11 is 0. The zero-order valence-corrected chi connectivity index (χ0v) is 4.98. The van der Waals surface area contributed by atoms with Crippen molar-refractivity contribution in [2.45, 2.75) is 13.0 Å². The molecule has 48 valence electrons. The molecule has 1 atom stereocenters. The third-order valence-corrected chi connectivity index (χ3v) is 0.970. The van der Waals surface area contributed by atoms with E-state index in [9.17, 15) is 4.39 Å². The third kappa shape index (κ3) is 1.93. The van der Waals surface area contributed by atoms with Crippen molar-refractivity contribution in [2.24, 2.45) is 0 Å². The molecule has 0 saturated heterocycles. The van der Waals surface area contributed by atoms with Gasteiger partial charge in [-0.3, -0.25) is 0 Å². The van der Waals surface area contributed by atoms with Gasteiger partial charge in [-0.15, -0.1) is 0 Å². The number of aliphatic hydroxyl groups excluding tert-OH is 1. The third-order valence-electron chi connectivity index (χ3n) is 0.970. The van der Waals surface area contributed by atoms with Crippen molar-refractivity contribution in [3.05, 3.63) is 12.1 Å². The second-order valence-corrected chi connectivity index (χ2v) is 1.52. The van der Waals surface area contributed by atoms with E-state index >= 15 is 0 Å². The molecule has 0 spiro atoms. The Kier molecular flexibility index (Phi) is 3.19. The van der Waals surface area contributed by atoms with E-state index in [-0.39, 0.29) is 6.04 Å². The molecule has 3 heteroatoms. The molecule has 2 nitrogen and oxygen atoms in total. The number of rotatable bonds is 2. The van der Waals surface area contributed by atoms with E-state index < -0.39 is 5.83 Å². The van der Waals surface area contributed by atoms with Crippen molar-refractivity contribution in [2.75, 3.05) is 7.05 Å². The highest BCUT2D eigenvalue weighted by Crippen LogP contribution is 1.99. The summed E-state index contributed by atoms with van der Waals surface area (Å²) in [6.45, 7) is 1.61. The number of hydrogen-bond acceptors (Lipinski definition) is 2. The molecule has 0 aromatic carbocycles. The van der Waals surface area contributed by atoms with Crippen molar-refractivity contribution in [1.29, 1.82) is 0 Å². The van der Waals surface area contributed by atoms with Crippen molar-refractivity contribution >= 4 is 0 Å². The van der Waals surface area contributed by atoms with E-state index in [1.165, 1.54) is 0 Å². The Morgan fingerprint density at radius 3 is 2.50 bits per heavy atom. The van der Waals surface area contributed by atoms with Gasteiger partial charge in [0.2, 0.25) is 0 Å². The molecule has 0 saturated carbocycles. The van der Waals surface area contributed by atoms with Crippen LogP contribution in [0.1, 0.15) is 6.92 Å². The first-order chi connectivity index (χ1) is 3.72. The van der Waals surface area contributed by atoms with Gasteiger partial charge in [-0.25, -0.2) is 4.39 Å². The molecule has 0 amide bonds. The summed E-state index contributed by atoms with van der Waals surface area (Å²) in [5.74, 6) is -0.549. The standard InChI is InChI=1S/C5H10FNO/c1-4(7-2)5(6)3-8/h3-4,7-8H,1-2H3/b5-3+. The Morgan fingerprint density at radius 1 is 1.88 bits per heavy atom. The lowest BCUT2D eigenvalue weighted by atomic mass is 10.3. The molecule has 8 heavy (non-hydrogen) atoms. The van der Waals surface area contributed by atoms with Gasteiger partial charge in [-0.1, -0.05) is 0 Å². The smallest absolute Gasteiger partial charge is 0.151 e. The van der Waals surface area contributed by atoms with Crippen LogP contribution in [-0.2, 0) is 0 Å². The van der Waals surface area contributed by atoms with Gasteiger partial charge in [-0.05, 0) is 14.0 Å². The molecule has 1 unspecified atom stereocenters. The lowest BCUT2D eigenvalue weighted by Gasteiger charge is -2.03. The summed E-state index contributed by atoms with van der Waals surface area (Å²) in [6.07, 6.45) is 0.459. The highest BCUT2D eigenvalue weighted by molar-refractivity contribution is 4.94. The van der Waals surface area contributed by atoms with E-state index in [4.69, 9.17) is 5.11 Å². The Morgan fingerprint density at radius 2 is 2.38 bits per heavy atom. The molecule has 0 heterocycles. The highest BCUT2D eigenvalue weighted by atomic mass is 19.1. The summed E-state index contributed by atoms with van der Waals surface area (Å²) in [4.78, 5) is 0. The van der Waals surface area contributed by atoms with Crippen LogP contribution in [0.4, 0.5) is 4.39 Å². The van der Waals surface area contributed by atoms with E-state index in [2.05, 4.69) is 5.32 Å². The van der Waals surface area contributed by atoms with Crippen molar-refractivity contribution in [3.63, 3.8) is 0 Å². The molecule has 0 bridgehead atoms. The molecule has 0 aromatic heterocycles. The first-order valence-corrected chi connectivity index (χ1v) is 2.39. The maximum atomic E-state index is 12.1. The number of hydrogen-bond donors (Lipinski definition) is 2. The molecular formula is C5H10FNO. The monoisotopic (exact) mass is 119 g/mol. The van der Waals surface area contributed by atoms with Crippen molar-refractivity contribution in [3.8, 4) is 0 Å². The van der Waals surface area contributed by atoms with Gasteiger partial charge < -0.3 is 10.4 Å². The van der Waals surface area contributed by atoms with E-state index in [0.717, 1.165) is 0 Å². The number of aliphatic hydroxyl groups is 1. The average Bonchev–Trinajstić information content (AvgIpc) is 1.84. The molecule has 0 radical (unpaired) electrons. The van der Waals surface area contributed by atoms with E-state index in [0.29, 0.717) is 6.26 Å². The van der Waals surface area contributed by atoms with Gasteiger partial charge in [0.05, 0.1) is 6.04 Å². The van der Waals surface area contributed by atoms with Crippen LogP contribution < -0.4 is 5.32 Å². The maximum absolute atomic E-state index is 12.1. The minimum atomic E-state index is -0.549. The van der Waals surface area contributed by atoms with Crippen LogP contribution >= 0.6 is 0 Å². The zero-order chi connectivity index (χ0) is 6.57. The summed E-state index contributed by atoms with van der Waals surface area (Å²) in [5.41, 5.74) is 0. The molecule has 0 aliphatic rings. The SMILES string of the molecule is CNC(C)/C(F)=C\O. The molecular weight excluding hydrogens is 109 g/mol. The molecule has 0 fully saturated rings. The van der Waals surface area contributed by atoms with E-state index in [1.54, 1.807) is 14.0 Å². The minimum Gasteiger partial charge on any atom is -0.513 e. The lowest BCUT2D eigenvalue weighted by molar-refractivity contribution is 0.413. The van der Waals surface area contributed by atoms with Crippen LogP contribution in [-0.4, -0.2) is 18.2 Å². The highest BCUT2D eigenvalue weighted by Gasteiger charge is 2.02. The minimum absolute atomic E-state index is 0.389. The molecule has 0 aromatic rings. The van der Waals surface area contributed by atoms with Crippen LogP contribution in [0.3, 0.4) is 0 Å². The van der Waals surface area contributed by atoms with Crippen LogP contribution in [0.25, 0.3) is 0 Å². The van der Waals surface area contributed by atoms with Gasteiger partial charge in [0.25, 0.3) is 0 Å². The van der Waals surface area contributed by atoms with Gasteiger partial charge >= 0.3 is 0 Å². The summed E-state index contributed by atoms with van der Waals surface area (Å²) < 4.78 is 12.1. The summed E-state index contributed by atoms with van der Waals surface area (Å²) in [7, 11) is 1.62. The average molecular weight is 119 g/mol. The largest absolute Gasteiger partial charge is 0.513 e. The van der Waals surface area contributed by atoms with Gasteiger partial charge in [0.15, 0.2) is 5.83 Å². The fraction of sp³-hybridized carbons (Fsp3) is 0.600. The number of nitrogens with one attached hydrogen (secondary N) is 1. The maximum Gasteiger partial charge on any atom is 0.151 e. The molecule has 0 aliphatic heterocycles. The van der Waals surface area contributed by atoms with Crippen molar-refractivity contribution < 1.29 is 9.50 Å². The number of likely N-dealkylation sites (N-methyl/N-ethyl adjacent to an activating group) is 1.